The first-order valence-corrected chi connectivity index (χ1v) is 18.0. The monoisotopic (exact) mass is 768 g/mol. The van der Waals surface area contributed by atoms with Gasteiger partial charge in [0.1, 0.15) is 27.6 Å². The number of carbonyl (C=O) groups excluding carboxylic acids is 1. The number of fused-ring (bicyclic) bond motifs is 2. The summed E-state index contributed by atoms with van der Waals surface area (Å²) >= 11 is 0. The van der Waals surface area contributed by atoms with E-state index in [0.29, 0.717) is 51.5 Å². The number of hydrazone groups is 1. The molecule has 0 fully saturated rings. The highest BCUT2D eigenvalue weighted by Crippen LogP contribution is 2.32. The Kier molecular flexibility index (Phi) is 12.3. The number of methoxy groups -OCH3 is 4. The lowest BCUT2D eigenvalue weighted by atomic mass is 10.2. The van der Waals surface area contributed by atoms with Gasteiger partial charge < -0.3 is 29.2 Å². The number of ether oxygens (including phenoxy) is 4. The molecule has 0 aliphatic carbocycles. The van der Waals surface area contributed by atoms with Crippen molar-refractivity contribution in [1.29, 1.82) is 0 Å². The van der Waals surface area contributed by atoms with E-state index in [9.17, 15) is 26.7 Å². The summed E-state index contributed by atoms with van der Waals surface area (Å²) in [6.07, 6.45) is 2.21. The zero-order valence-corrected chi connectivity index (χ0v) is 30.9. The second-order valence-electron chi connectivity index (χ2n) is 10.9. The third-order valence-corrected chi connectivity index (χ3v) is 10.0. The van der Waals surface area contributed by atoms with Crippen molar-refractivity contribution in [3.05, 3.63) is 95.1 Å². The molecule has 0 atom stereocenters. The molecule has 4 aromatic rings. The maximum atomic E-state index is 12.2. The van der Waals surface area contributed by atoms with E-state index in [2.05, 4.69) is 13.9 Å². The van der Waals surface area contributed by atoms with E-state index in [4.69, 9.17) is 29.9 Å². The molecule has 0 aromatic heterocycles. The van der Waals surface area contributed by atoms with Crippen molar-refractivity contribution >= 4 is 44.2 Å². The maximum Gasteiger partial charge on any atom is 0.285 e. The first-order chi connectivity index (χ1) is 25.1. The Morgan fingerprint density at radius 1 is 0.660 bits per heavy atom. The summed E-state index contributed by atoms with van der Waals surface area (Å²) in [7, 11) is 1.64. The van der Waals surface area contributed by atoms with Crippen molar-refractivity contribution in [2.75, 3.05) is 42.5 Å². The average molecular weight is 769 g/mol. The average Bonchev–Trinajstić information content (AvgIpc) is 3.59. The van der Waals surface area contributed by atoms with Gasteiger partial charge in [0.05, 0.1) is 34.7 Å². The van der Waals surface area contributed by atoms with Crippen LogP contribution in [-0.2, 0) is 20.0 Å². The van der Waals surface area contributed by atoms with Crippen molar-refractivity contribution in [3.63, 3.8) is 0 Å². The minimum atomic E-state index is -3.76. The Morgan fingerprint density at radius 3 is 1.57 bits per heavy atom. The molecular weight excluding hydrogens is 733 g/mol. The molecule has 2 aliphatic heterocycles. The topological polar surface area (TPSA) is 232 Å². The van der Waals surface area contributed by atoms with E-state index in [-0.39, 0.29) is 33.0 Å². The first kappa shape index (κ1) is 39.6. The lowest BCUT2D eigenvalue weighted by Crippen LogP contribution is -2.32. The van der Waals surface area contributed by atoms with Gasteiger partial charge in [-0.1, -0.05) is 0 Å². The highest BCUT2D eigenvalue weighted by molar-refractivity contribution is 7.91. The summed E-state index contributed by atoms with van der Waals surface area (Å²) in [6.45, 7) is 0. The number of hydrazine groups is 1. The number of benzene rings is 4. The van der Waals surface area contributed by atoms with E-state index in [1.807, 2.05) is 0 Å². The fourth-order valence-corrected chi connectivity index (χ4v) is 7.17. The molecule has 0 saturated carbocycles. The molecule has 2 heterocycles. The maximum absolute atomic E-state index is 12.2. The summed E-state index contributed by atoms with van der Waals surface area (Å²) in [5.41, 5.74) is 2.04. The highest BCUT2D eigenvalue weighted by atomic mass is 32.2. The fraction of sp³-hybridized carbons (Fsp3) is 0.176. The molecule has 0 unspecified atom stereocenters. The van der Waals surface area contributed by atoms with Gasteiger partial charge in [0.25, 0.3) is 20.0 Å². The quantitative estimate of drug-likeness (QED) is 0.106. The minimum absolute atomic E-state index is 0.0188. The van der Waals surface area contributed by atoms with E-state index in [1.54, 1.807) is 43.4 Å². The first-order valence-electron chi connectivity index (χ1n) is 15.1. The number of hydrogen-bond acceptors (Lipinski definition) is 15. The Hall–Kier alpha value is -6.18. The molecule has 2 aliphatic rings. The molecule has 17 nitrogen and oxygen atoms in total. The van der Waals surface area contributed by atoms with Gasteiger partial charge in [-0.05, 0) is 78.4 Å². The van der Waals surface area contributed by atoms with Crippen molar-refractivity contribution in [2.45, 2.75) is 9.79 Å². The van der Waals surface area contributed by atoms with Crippen LogP contribution in [0.1, 0.15) is 27.0 Å². The smallest absolute Gasteiger partial charge is 0.285 e. The van der Waals surface area contributed by atoms with Crippen LogP contribution in [0.2, 0.25) is 0 Å². The number of phenols is 2. The molecule has 19 heteroatoms. The molecule has 0 amide bonds. The molecular formula is C34H36N6O11S2. The minimum Gasteiger partial charge on any atom is -0.504 e. The van der Waals surface area contributed by atoms with Crippen LogP contribution in [0.25, 0.3) is 0 Å². The number of sulfonamides is 2. The Bertz CT molecular complexity index is 2330. The summed E-state index contributed by atoms with van der Waals surface area (Å²) in [4.78, 5) is 10.5. The second kappa shape index (κ2) is 16.4. The molecule has 0 bridgehead atoms. The normalized spacial score (nSPS) is 14.2. The number of phenolic OH excluding ortho intramolecular Hbond substituents is 2. The van der Waals surface area contributed by atoms with Gasteiger partial charge in [0.15, 0.2) is 34.7 Å². The lowest BCUT2D eigenvalue weighted by molar-refractivity contribution is 0.112. The molecule has 280 valence electrons. The number of nitrogens with zero attached hydrogens (tertiary/aromatic N) is 5. The molecule has 0 radical (unpaired) electrons. The van der Waals surface area contributed by atoms with Crippen LogP contribution < -0.4 is 24.8 Å². The molecule has 0 saturated heterocycles. The number of carbonyl (C=O) groups is 1. The lowest BCUT2D eigenvalue weighted by Gasteiger charge is -2.13. The van der Waals surface area contributed by atoms with Gasteiger partial charge >= 0.3 is 0 Å². The predicted molar refractivity (Wildman–Crippen MR) is 195 cm³/mol. The van der Waals surface area contributed by atoms with Gasteiger partial charge in [-0.25, -0.2) is 10.9 Å². The number of aldehydes is 1. The van der Waals surface area contributed by atoms with Crippen LogP contribution in [0.5, 0.6) is 34.5 Å². The fourth-order valence-electron chi connectivity index (χ4n) is 4.73. The third kappa shape index (κ3) is 9.01. The van der Waals surface area contributed by atoms with Crippen LogP contribution in [0, 0.1) is 0 Å². The summed E-state index contributed by atoms with van der Waals surface area (Å²) in [5, 5.41) is 25.5. The Labute approximate surface area is 305 Å². The predicted octanol–water partition coefficient (Wildman–Crippen LogP) is 2.99. The standard InChI is InChI=1S/C17H17N3O5S.C9H11N3O3S.C8H8O3/c1-20(18-10-11-4-6-14(21)15(8-11)25-3)17-13-9-12(24-2)5-7-16(13)26(22,23)19-17;1-12(10)9-7-5-6(15-2)3-4-8(7)16(13,14)11-9;1-11-8-4-6(5-9)2-3-7(8)10/h4-10,21H,1-3H3;3-5H,10H2,1-2H3;2-5,10H,1H3/b18-10+;;. The third-order valence-electron chi connectivity index (χ3n) is 7.39. The zero-order valence-electron chi connectivity index (χ0n) is 29.3. The number of nitrogens with two attached hydrogens (primary N) is 1. The Balaban J connectivity index is 0.000000197. The van der Waals surface area contributed by atoms with Crippen LogP contribution in [0.15, 0.2) is 96.5 Å². The van der Waals surface area contributed by atoms with E-state index < -0.39 is 20.0 Å². The van der Waals surface area contributed by atoms with Crippen molar-refractivity contribution in [2.24, 2.45) is 19.7 Å². The Morgan fingerprint density at radius 2 is 1.11 bits per heavy atom. The number of amidine groups is 2. The number of aromatic hydroxyl groups is 2. The summed E-state index contributed by atoms with van der Waals surface area (Å²) in [5.74, 6) is 7.70. The SMILES string of the molecule is COc1cc(C=O)ccc1O.COc1ccc2c(c1)C(N(C)/N=C/c1ccc(O)c(OC)c1)=NS2(=O)=O.COc1ccc2c(c1)C(N(C)N)=NS2(=O)=O. The second-order valence-corrected chi connectivity index (χ2v) is 14.0. The van der Waals surface area contributed by atoms with E-state index in [1.165, 1.54) is 88.1 Å². The van der Waals surface area contributed by atoms with Crippen LogP contribution in [-0.4, -0.2) is 104 Å². The summed E-state index contributed by atoms with van der Waals surface area (Å²) < 4.78 is 75.2. The summed E-state index contributed by atoms with van der Waals surface area (Å²) in [6, 6.07) is 18.4. The van der Waals surface area contributed by atoms with Crippen LogP contribution in [0.3, 0.4) is 0 Å². The van der Waals surface area contributed by atoms with Gasteiger partial charge in [0, 0.05) is 30.8 Å². The van der Waals surface area contributed by atoms with Gasteiger partial charge in [-0.3, -0.25) is 9.80 Å². The highest BCUT2D eigenvalue weighted by Gasteiger charge is 2.32. The number of rotatable bonds is 7. The molecule has 4 aromatic carbocycles. The molecule has 0 spiro atoms. The van der Waals surface area contributed by atoms with Crippen molar-refractivity contribution in [3.8, 4) is 34.5 Å². The van der Waals surface area contributed by atoms with Crippen molar-refractivity contribution in [1.82, 2.24) is 10.0 Å². The van der Waals surface area contributed by atoms with Gasteiger partial charge in [-0.2, -0.15) is 21.9 Å². The van der Waals surface area contributed by atoms with Crippen LogP contribution >= 0.6 is 0 Å². The molecule has 6 rings (SSSR count). The zero-order chi connectivity index (χ0) is 39.1. The largest absolute Gasteiger partial charge is 0.504 e. The van der Waals surface area contributed by atoms with Crippen molar-refractivity contribution < 1.29 is 50.8 Å². The molecule has 53 heavy (non-hydrogen) atoms. The van der Waals surface area contributed by atoms with Gasteiger partial charge in [-0.15, -0.1) is 8.80 Å². The van der Waals surface area contributed by atoms with E-state index in [0.717, 1.165) is 0 Å². The van der Waals surface area contributed by atoms with Gasteiger partial charge in [0.2, 0.25) is 0 Å². The van der Waals surface area contributed by atoms with Crippen LogP contribution in [0.4, 0.5) is 0 Å². The van der Waals surface area contributed by atoms with E-state index >= 15 is 0 Å². The molecule has 4 N–H and O–H groups in total. The number of hydrogen-bond donors (Lipinski definition) is 3.